The number of rotatable bonds is 6. The van der Waals surface area contributed by atoms with E-state index in [1.165, 1.54) is 50.1 Å². The lowest BCUT2D eigenvalue weighted by Crippen LogP contribution is -2.42. The second-order valence-corrected chi connectivity index (χ2v) is 18.0. The molecule has 0 amide bonds. The first-order valence-corrected chi connectivity index (χ1v) is 23.3. The molecule has 1 aromatic heterocycles. The van der Waals surface area contributed by atoms with Gasteiger partial charge in [0.15, 0.2) is 0 Å². The van der Waals surface area contributed by atoms with Crippen LogP contribution in [-0.4, -0.2) is 11.7 Å². The molecule has 0 fully saturated rings. The Bertz CT molecular complexity index is 3760. The van der Waals surface area contributed by atoms with Crippen LogP contribution in [0.2, 0.25) is 0 Å². The summed E-state index contributed by atoms with van der Waals surface area (Å²) < 4.78 is 6.72. The van der Waals surface area contributed by atoms with Gasteiger partial charge in [0.1, 0.15) is 22.8 Å². The molecule has 0 saturated carbocycles. The molecule has 318 valence electrons. The van der Waals surface area contributed by atoms with Crippen LogP contribution in [0.1, 0.15) is 44.5 Å². The number of benzene rings is 10. The van der Waals surface area contributed by atoms with Crippen molar-refractivity contribution in [2.45, 2.75) is 11.1 Å². The summed E-state index contributed by atoms with van der Waals surface area (Å²) in [6.07, 6.45) is 0. The molecule has 4 heteroatoms. The van der Waals surface area contributed by atoms with Gasteiger partial charge in [-0.1, -0.05) is 212 Å². The molecule has 0 unspecified atom stereocenters. The van der Waals surface area contributed by atoms with Crippen LogP contribution in [0.25, 0.3) is 66.4 Å². The number of amidine groups is 2. The van der Waals surface area contributed by atoms with Crippen molar-refractivity contribution in [3.8, 4) is 44.5 Å². The van der Waals surface area contributed by atoms with Crippen molar-refractivity contribution in [1.29, 1.82) is 0 Å². The fourth-order valence-electron chi connectivity index (χ4n) is 11.5. The topological polar surface area (TPSA) is 49.9 Å². The Balaban J connectivity index is 0.937. The second kappa shape index (κ2) is 14.8. The van der Waals surface area contributed by atoms with Gasteiger partial charge in [0, 0.05) is 33.0 Å². The lowest BCUT2D eigenvalue weighted by molar-refractivity contribution is 0.567. The van der Waals surface area contributed by atoms with E-state index in [4.69, 9.17) is 14.4 Å². The van der Waals surface area contributed by atoms with E-state index in [1.54, 1.807) is 0 Å². The third kappa shape index (κ3) is 5.55. The zero-order valence-corrected chi connectivity index (χ0v) is 36.9. The monoisotopic (exact) mass is 867 g/mol. The molecule has 2 heterocycles. The zero-order valence-electron chi connectivity index (χ0n) is 36.9. The lowest BCUT2D eigenvalue weighted by atomic mass is 9.70. The molecule has 1 spiro atoms. The molecular weight excluding hydrogens is 827 g/mol. The van der Waals surface area contributed by atoms with Crippen LogP contribution < -0.4 is 5.32 Å². The molecular formula is C64H41N3O. The van der Waals surface area contributed by atoms with Gasteiger partial charge >= 0.3 is 0 Å². The highest BCUT2D eigenvalue weighted by Crippen LogP contribution is 2.63. The first-order chi connectivity index (χ1) is 33.7. The lowest BCUT2D eigenvalue weighted by Gasteiger charge is -2.34. The third-order valence-electron chi connectivity index (χ3n) is 14.5. The van der Waals surface area contributed by atoms with Crippen molar-refractivity contribution in [3.63, 3.8) is 0 Å². The Labute approximate surface area is 394 Å². The highest BCUT2D eigenvalue weighted by atomic mass is 16.3. The number of hydrogen-bond acceptors (Lipinski definition) is 4. The van der Waals surface area contributed by atoms with E-state index in [9.17, 15) is 0 Å². The normalized spacial score (nSPS) is 14.7. The summed E-state index contributed by atoms with van der Waals surface area (Å²) in [5.41, 5.74) is 19.1. The number of fused-ring (bicyclic) bond motifs is 13. The van der Waals surface area contributed by atoms with E-state index in [1.807, 2.05) is 42.5 Å². The van der Waals surface area contributed by atoms with Gasteiger partial charge in [-0.15, -0.1) is 0 Å². The van der Waals surface area contributed by atoms with Crippen molar-refractivity contribution in [3.05, 3.63) is 287 Å². The van der Waals surface area contributed by atoms with Crippen LogP contribution in [0, 0.1) is 0 Å². The summed E-state index contributed by atoms with van der Waals surface area (Å²) in [6.45, 7) is 0. The predicted octanol–water partition coefficient (Wildman–Crippen LogP) is 15.0. The minimum Gasteiger partial charge on any atom is -0.456 e. The van der Waals surface area contributed by atoms with Gasteiger partial charge in [-0.25, -0.2) is 9.98 Å². The molecule has 11 aromatic rings. The predicted molar refractivity (Wildman–Crippen MR) is 277 cm³/mol. The average Bonchev–Trinajstić information content (AvgIpc) is 4.05. The molecule has 0 saturated heterocycles. The third-order valence-corrected chi connectivity index (χ3v) is 14.5. The summed E-state index contributed by atoms with van der Waals surface area (Å²) in [4.78, 5) is 11.3. The Hall–Kier alpha value is -8.86. The SMILES string of the molecule is c1ccc(C2=NC(c3ccccc3)(c3cccc4oc5ccc(-c6cccc(-c7ccc8c(c7)C7(c9ccccc9-c9ccccc97)c7ccccc7-8)c6)cc5c34)N=C(c3ccccc3)N2)cc1. The van der Waals surface area contributed by atoms with Gasteiger partial charge < -0.3 is 9.73 Å². The summed E-state index contributed by atoms with van der Waals surface area (Å²) >= 11 is 0. The van der Waals surface area contributed by atoms with Crippen molar-refractivity contribution in [2.24, 2.45) is 9.98 Å². The molecule has 0 bridgehead atoms. The van der Waals surface area contributed by atoms with E-state index in [0.717, 1.165) is 72.6 Å². The Morgan fingerprint density at radius 3 is 1.38 bits per heavy atom. The van der Waals surface area contributed by atoms with Crippen LogP contribution in [-0.2, 0) is 11.1 Å². The Kier molecular flexibility index (Phi) is 8.38. The van der Waals surface area contributed by atoms with Crippen molar-refractivity contribution in [1.82, 2.24) is 5.32 Å². The van der Waals surface area contributed by atoms with Gasteiger partial charge in [0.2, 0.25) is 5.66 Å². The van der Waals surface area contributed by atoms with Gasteiger partial charge in [0.25, 0.3) is 0 Å². The Morgan fingerprint density at radius 1 is 0.324 bits per heavy atom. The molecule has 68 heavy (non-hydrogen) atoms. The highest BCUT2D eigenvalue weighted by molar-refractivity contribution is 6.17. The molecule has 2 aliphatic carbocycles. The standard InChI is InChI=1S/C64H41N3O/c1-4-18-41(19-5-1)61-65-62(42-20-6-2-7-21-42)67-64(66-61,47-24-8-3-9-25-47)56-32-17-33-59-60(56)52-39-45(35-37-58(52)68-59)43-22-16-23-44(38-43)46-34-36-51-50-28-12-15-31-55(50)63(57(51)40-46)53-29-13-10-26-48(53)49-27-11-14-30-54(49)63/h1-40H,(H,65,66,67). The molecule has 10 aromatic carbocycles. The molecule has 1 N–H and O–H groups in total. The minimum absolute atomic E-state index is 0.402. The number of furan rings is 1. The highest BCUT2D eigenvalue weighted by Gasteiger charge is 2.51. The zero-order chi connectivity index (χ0) is 44.8. The summed E-state index contributed by atoms with van der Waals surface area (Å²) in [5, 5.41) is 5.62. The van der Waals surface area contributed by atoms with Crippen molar-refractivity contribution >= 4 is 33.6 Å². The van der Waals surface area contributed by atoms with Crippen molar-refractivity contribution in [2.75, 3.05) is 0 Å². The molecule has 1 aliphatic heterocycles. The largest absolute Gasteiger partial charge is 0.456 e. The number of nitrogens with zero attached hydrogens (tertiary/aromatic N) is 2. The molecule has 4 nitrogen and oxygen atoms in total. The molecule has 0 radical (unpaired) electrons. The molecule has 3 aliphatic rings. The first kappa shape index (κ1) is 38.4. The second-order valence-electron chi connectivity index (χ2n) is 18.0. The maximum atomic E-state index is 6.72. The van der Waals surface area contributed by atoms with E-state index in [0.29, 0.717) is 0 Å². The van der Waals surface area contributed by atoms with E-state index >= 15 is 0 Å². The summed E-state index contributed by atoms with van der Waals surface area (Å²) in [6, 6.07) is 87.0. The first-order valence-electron chi connectivity index (χ1n) is 23.3. The van der Waals surface area contributed by atoms with E-state index < -0.39 is 11.1 Å². The Morgan fingerprint density at radius 2 is 0.779 bits per heavy atom. The van der Waals surface area contributed by atoms with Crippen LogP contribution in [0.4, 0.5) is 0 Å². The fraction of sp³-hybridized carbons (Fsp3) is 0.0312. The number of aliphatic imine (C=N–C) groups is 2. The van der Waals surface area contributed by atoms with Crippen LogP contribution in [0.3, 0.4) is 0 Å². The molecule has 14 rings (SSSR count). The van der Waals surface area contributed by atoms with E-state index in [2.05, 4.69) is 206 Å². The van der Waals surface area contributed by atoms with Gasteiger partial charge in [-0.05, 0) is 97.1 Å². The smallest absolute Gasteiger partial charge is 0.206 e. The quantitative estimate of drug-likeness (QED) is 0.181. The minimum atomic E-state index is -1.15. The van der Waals surface area contributed by atoms with Gasteiger partial charge in [0.05, 0.1) is 5.41 Å². The maximum absolute atomic E-state index is 6.72. The van der Waals surface area contributed by atoms with E-state index in [-0.39, 0.29) is 0 Å². The fourth-order valence-corrected chi connectivity index (χ4v) is 11.5. The van der Waals surface area contributed by atoms with Crippen LogP contribution in [0.15, 0.2) is 257 Å². The summed E-state index contributed by atoms with van der Waals surface area (Å²) in [7, 11) is 0. The number of nitrogens with one attached hydrogen (secondary N) is 1. The maximum Gasteiger partial charge on any atom is 0.206 e. The summed E-state index contributed by atoms with van der Waals surface area (Å²) in [5.74, 6) is 1.49. The molecule has 0 atom stereocenters. The van der Waals surface area contributed by atoms with Gasteiger partial charge in [-0.2, -0.15) is 0 Å². The van der Waals surface area contributed by atoms with Crippen LogP contribution in [0.5, 0.6) is 0 Å². The average molecular weight is 868 g/mol. The van der Waals surface area contributed by atoms with Gasteiger partial charge in [-0.3, -0.25) is 0 Å². The van der Waals surface area contributed by atoms with Crippen LogP contribution >= 0.6 is 0 Å². The number of hydrogen-bond donors (Lipinski definition) is 1. The van der Waals surface area contributed by atoms with Crippen molar-refractivity contribution < 1.29 is 4.42 Å².